The first kappa shape index (κ1) is 26.1. The van der Waals surface area contributed by atoms with E-state index in [-0.39, 0.29) is 6.61 Å². The van der Waals surface area contributed by atoms with E-state index in [0.717, 1.165) is 78.9 Å². The third-order valence-corrected chi connectivity index (χ3v) is 7.77. The average Bonchev–Trinajstić information content (AvgIpc) is 3.45. The van der Waals surface area contributed by atoms with Crippen LogP contribution in [-0.2, 0) is 24.8 Å². The summed E-state index contributed by atoms with van der Waals surface area (Å²) in [5.74, 6) is 2.96. The van der Waals surface area contributed by atoms with E-state index in [2.05, 4.69) is 19.3 Å². The highest BCUT2D eigenvalue weighted by Gasteiger charge is 2.29. The Kier molecular flexibility index (Phi) is 6.98. The molecule has 12 nitrogen and oxygen atoms in total. The second-order valence-corrected chi connectivity index (χ2v) is 10.8. The van der Waals surface area contributed by atoms with E-state index in [0.29, 0.717) is 32.1 Å². The Balaban J connectivity index is 1.42. The van der Waals surface area contributed by atoms with Gasteiger partial charge in [0.2, 0.25) is 5.95 Å². The molecular formula is C27H37N9O3. The van der Waals surface area contributed by atoms with Crippen LogP contribution in [0.5, 0.6) is 0 Å². The first-order valence-electron chi connectivity index (χ1n) is 13.7. The number of morpholine rings is 1. The Bertz CT molecular complexity index is 1460. The molecule has 2 N–H and O–H groups in total. The Labute approximate surface area is 227 Å². The molecule has 3 aromatic heterocycles. The molecule has 0 aliphatic carbocycles. The molecule has 208 valence electrons. The topological polar surface area (TPSA) is 121 Å². The maximum absolute atomic E-state index is 10.4. The number of rotatable bonds is 7. The van der Waals surface area contributed by atoms with Gasteiger partial charge in [0.1, 0.15) is 17.4 Å². The zero-order valence-corrected chi connectivity index (χ0v) is 22.9. The van der Waals surface area contributed by atoms with E-state index in [4.69, 9.17) is 24.7 Å². The molecule has 0 bridgehead atoms. The van der Waals surface area contributed by atoms with Gasteiger partial charge >= 0.3 is 0 Å². The largest absolute Gasteiger partial charge is 0.396 e. The van der Waals surface area contributed by atoms with Crippen LogP contribution in [0.15, 0.2) is 24.3 Å². The van der Waals surface area contributed by atoms with Crippen LogP contribution in [0.1, 0.15) is 25.5 Å². The summed E-state index contributed by atoms with van der Waals surface area (Å²) in [5, 5.41) is 20.1. The van der Waals surface area contributed by atoms with Crippen molar-refractivity contribution < 1.29 is 14.9 Å². The molecule has 2 aliphatic heterocycles. The van der Waals surface area contributed by atoms with Gasteiger partial charge in [0.25, 0.3) is 0 Å². The number of hydrogen-bond donors (Lipinski definition) is 2. The van der Waals surface area contributed by atoms with Crippen LogP contribution < -0.4 is 4.90 Å². The van der Waals surface area contributed by atoms with Crippen molar-refractivity contribution >= 4 is 28.0 Å². The molecule has 0 saturated carbocycles. The predicted octanol–water partition coefficient (Wildman–Crippen LogP) is 0.920. The van der Waals surface area contributed by atoms with Gasteiger partial charge in [-0.15, -0.1) is 0 Å². The minimum absolute atomic E-state index is 0.0154. The van der Waals surface area contributed by atoms with Crippen LogP contribution in [-0.4, -0.2) is 114 Å². The second-order valence-electron chi connectivity index (χ2n) is 10.8. The van der Waals surface area contributed by atoms with Crippen LogP contribution in [0.2, 0.25) is 0 Å². The molecule has 0 atom stereocenters. The number of anilines is 1. The minimum atomic E-state index is -0.810. The molecule has 1 aromatic carbocycles. The summed E-state index contributed by atoms with van der Waals surface area (Å²) in [6.07, 6.45) is 0.399. The van der Waals surface area contributed by atoms with E-state index in [1.807, 2.05) is 49.7 Å². The molecule has 2 aliphatic rings. The number of para-hydroxylation sites is 2. The monoisotopic (exact) mass is 535 g/mol. The highest BCUT2D eigenvalue weighted by molar-refractivity contribution is 5.86. The number of hydrogen-bond acceptors (Lipinski definition) is 10. The second kappa shape index (κ2) is 10.4. The van der Waals surface area contributed by atoms with Crippen LogP contribution >= 0.6 is 0 Å². The molecule has 0 radical (unpaired) electrons. The molecule has 2 saturated heterocycles. The van der Waals surface area contributed by atoms with Gasteiger partial charge in [0.05, 0.1) is 37.4 Å². The van der Waals surface area contributed by atoms with Crippen LogP contribution in [0.3, 0.4) is 0 Å². The number of aliphatic hydroxyl groups is 2. The maximum atomic E-state index is 10.4. The molecule has 0 unspecified atom stereocenters. The van der Waals surface area contributed by atoms with Gasteiger partial charge in [-0.05, 0) is 26.0 Å². The third kappa shape index (κ3) is 4.98. The smallest absolute Gasteiger partial charge is 0.239 e. The lowest BCUT2D eigenvalue weighted by atomic mass is 10.2. The van der Waals surface area contributed by atoms with Gasteiger partial charge in [-0.25, -0.2) is 9.97 Å². The molecule has 39 heavy (non-hydrogen) atoms. The molecular weight excluding hydrogens is 498 g/mol. The number of ether oxygens (including phenoxy) is 1. The van der Waals surface area contributed by atoms with Crippen LogP contribution in [0.4, 0.5) is 5.82 Å². The van der Waals surface area contributed by atoms with Crippen LogP contribution in [0.25, 0.3) is 28.1 Å². The molecule has 0 amide bonds. The summed E-state index contributed by atoms with van der Waals surface area (Å²) in [6, 6.07) is 7.91. The number of nitrogens with zero attached hydrogens (tertiary/aromatic N) is 9. The van der Waals surface area contributed by atoms with E-state index < -0.39 is 5.72 Å². The van der Waals surface area contributed by atoms with E-state index in [1.165, 1.54) is 0 Å². The van der Waals surface area contributed by atoms with E-state index in [1.54, 1.807) is 0 Å². The molecule has 12 heteroatoms. The van der Waals surface area contributed by atoms with Crippen molar-refractivity contribution in [3.05, 3.63) is 35.9 Å². The lowest BCUT2D eigenvalue weighted by molar-refractivity contribution is -0.0971. The quantitative estimate of drug-likeness (QED) is 0.353. The number of aliphatic hydroxyl groups excluding tert-OH is 1. The fourth-order valence-corrected chi connectivity index (χ4v) is 5.54. The highest BCUT2D eigenvalue weighted by Crippen LogP contribution is 2.29. The van der Waals surface area contributed by atoms with E-state index in [9.17, 15) is 10.2 Å². The van der Waals surface area contributed by atoms with Gasteiger partial charge in [-0.2, -0.15) is 9.97 Å². The van der Waals surface area contributed by atoms with Crippen molar-refractivity contribution in [2.75, 3.05) is 64.0 Å². The minimum Gasteiger partial charge on any atom is -0.396 e. The third-order valence-electron chi connectivity index (χ3n) is 7.77. The van der Waals surface area contributed by atoms with Gasteiger partial charge in [0, 0.05) is 52.7 Å². The van der Waals surface area contributed by atoms with Gasteiger partial charge in [0.15, 0.2) is 17.0 Å². The summed E-state index contributed by atoms with van der Waals surface area (Å²) in [6.45, 7) is 10.4. The maximum Gasteiger partial charge on any atom is 0.239 e. The standard InChI is InChI=1S/C27H37N9O3/c1-27(2,38)35-11-9-33(10-12-35)18-22-29-23-24(32(22)3)30-26(31-25(23)34-13-16-39-17-14-34)36-20-7-5-4-6-19(20)28-21(36)8-15-37/h4-7,37-38H,8-18H2,1-3H3. The number of imidazole rings is 2. The normalized spacial score (nSPS) is 18.0. The van der Waals surface area contributed by atoms with Crippen molar-refractivity contribution in [3.63, 3.8) is 0 Å². The number of fused-ring (bicyclic) bond motifs is 2. The molecule has 6 rings (SSSR count). The summed E-state index contributed by atoms with van der Waals surface area (Å²) in [4.78, 5) is 26.7. The number of piperazine rings is 1. The van der Waals surface area contributed by atoms with Gasteiger partial charge < -0.3 is 24.4 Å². The first-order chi connectivity index (χ1) is 18.8. The number of aromatic nitrogens is 6. The Morgan fingerprint density at radius 3 is 2.38 bits per heavy atom. The van der Waals surface area contributed by atoms with Gasteiger partial charge in [-0.3, -0.25) is 14.4 Å². The molecule has 0 spiro atoms. The first-order valence-corrected chi connectivity index (χ1v) is 13.7. The summed E-state index contributed by atoms with van der Waals surface area (Å²) in [5.41, 5.74) is 2.48. The summed E-state index contributed by atoms with van der Waals surface area (Å²) in [7, 11) is 2.01. The van der Waals surface area contributed by atoms with Crippen molar-refractivity contribution in [3.8, 4) is 5.95 Å². The highest BCUT2D eigenvalue weighted by atomic mass is 16.5. The Morgan fingerprint density at radius 1 is 0.923 bits per heavy atom. The van der Waals surface area contributed by atoms with Crippen molar-refractivity contribution in [2.45, 2.75) is 32.5 Å². The summed E-state index contributed by atoms with van der Waals surface area (Å²) >= 11 is 0. The van der Waals surface area contributed by atoms with Crippen LogP contribution in [0, 0.1) is 0 Å². The van der Waals surface area contributed by atoms with Crippen molar-refractivity contribution in [1.29, 1.82) is 0 Å². The Morgan fingerprint density at radius 2 is 1.67 bits per heavy atom. The fraction of sp³-hybridized carbons (Fsp3) is 0.556. The zero-order valence-electron chi connectivity index (χ0n) is 22.9. The molecule has 4 aromatic rings. The lowest BCUT2D eigenvalue weighted by Gasteiger charge is -2.40. The SMILES string of the molecule is Cn1c(CN2CCN(C(C)(C)O)CC2)nc2c(N3CCOCC3)nc(-n3c(CCO)nc4ccccc43)nc21. The average molecular weight is 536 g/mol. The number of aryl methyl sites for hydroxylation is 1. The molecule has 5 heterocycles. The predicted molar refractivity (Wildman–Crippen MR) is 148 cm³/mol. The van der Waals surface area contributed by atoms with E-state index >= 15 is 0 Å². The Hall–Kier alpha value is -3.16. The summed E-state index contributed by atoms with van der Waals surface area (Å²) < 4.78 is 9.65. The fourth-order valence-electron chi connectivity index (χ4n) is 5.54. The van der Waals surface area contributed by atoms with Gasteiger partial charge in [-0.1, -0.05) is 12.1 Å². The molecule has 2 fully saturated rings. The van der Waals surface area contributed by atoms with Crippen molar-refractivity contribution in [1.82, 2.24) is 38.9 Å². The lowest BCUT2D eigenvalue weighted by Crippen LogP contribution is -2.54. The number of benzene rings is 1. The van der Waals surface area contributed by atoms with Crippen molar-refractivity contribution in [2.24, 2.45) is 7.05 Å². The zero-order chi connectivity index (χ0) is 27.1.